The molecular weight excluding hydrogens is 996 g/mol. The number of urea groups is 1. The first-order valence-corrected chi connectivity index (χ1v) is 28.2. The first-order chi connectivity index (χ1) is 37.1. The van der Waals surface area contributed by atoms with Gasteiger partial charge in [0.1, 0.15) is 36.6 Å². The highest BCUT2D eigenvalue weighted by atomic mass is 19.1. The summed E-state index contributed by atoms with van der Waals surface area (Å²) in [5, 5.41) is 5.46. The fourth-order valence-corrected chi connectivity index (χ4v) is 12.5. The molecule has 7 heterocycles. The van der Waals surface area contributed by atoms with E-state index >= 15 is 4.39 Å². The van der Waals surface area contributed by atoms with Gasteiger partial charge in [-0.1, -0.05) is 39.8 Å². The first-order valence-electron chi connectivity index (χ1n) is 28.2. The second kappa shape index (κ2) is 21.7. The number of ether oxygens (including phenoxy) is 3. The van der Waals surface area contributed by atoms with Crippen LogP contribution in [0.2, 0.25) is 0 Å². The molecule has 4 aromatic rings. The van der Waals surface area contributed by atoms with Crippen molar-refractivity contribution in [2.24, 2.45) is 11.3 Å². The maximum atomic E-state index is 15.6. The second-order valence-electron chi connectivity index (χ2n) is 24.0. The molecule has 5 aliphatic heterocycles. The van der Waals surface area contributed by atoms with Crippen LogP contribution < -0.4 is 20.4 Å². The number of esters is 1. The van der Waals surface area contributed by atoms with Crippen molar-refractivity contribution in [2.75, 3.05) is 78.1 Å². The van der Waals surface area contributed by atoms with E-state index in [1.54, 1.807) is 7.11 Å². The number of hydrogen-bond acceptors (Lipinski definition) is 12. The van der Waals surface area contributed by atoms with Crippen molar-refractivity contribution in [1.82, 2.24) is 44.9 Å². The number of amides is 5. The van der Waals surface area contributed by atoms with Gasteiger partial charge in [0.25, 0.3) is 11.8 Å². The van der Waals surface area contributed by atoms with Crippen LogP contribution in [0.5, 0.6) is 5.75 Å². The number of carbonyl (C=O) groups excluding carboxylic acids is 5. The molecule has 3 saturated heterocycles. The van der Waals surface area contributed by atoms with Crippen molar-refractivity contribution in [3.8, 4) is 28.1 Å². The van der Waals surface area contributed by atoms with E-state index in [2.05, 4.69) is 70.1 Å². The molecule has 2 aromatic heterocycles. The summed E-state index contributed by atoms with van der Waals surface area (Å²) in [7, 11) is 3.23. The van der Waals surface area contributed by atoms with Crippen LogP contribution >= 0.6 is 0 Å². The molecule has 0 spiro atoms. The van der Waals surface area contributed by atoms with E-state index in [0.29, 0.717) is 43.2 Å². The first kappa shape index (κ1) is 55.0. The molecule has 1 aliphatic carbocycles. The van der Waals surface area contributed by atoms with Crippen LogP contribution in [0.1, 0.15) is 104 Å². The number of methoxy groups -OCH3 is 1. The van der Waals surface area contributed by atoms with E-state index in [9.17, 15) is 24.0 Å². The Morgan fingerprint density at radius 1 is 0.923 bits per heavy atom. The Balaban J connectivity index is 1.15. The standard InChI is InChI=1S/C59H79FN10O8/c1-11-67-48-17-14-38-29-43(48)45(52(67)44-30-41(32-61-50(44)36(4)76-10)66-21-19-65(20-22-66)40-15-16-40)31-58(5,6)34-78-55(73)46-13-12-18-70(63-46)54(72)47-27-37-25-39(38)28-42(26-37)77-33-49-68(56(74)59(7,8)60)23-24-69(49)57(75)64(9)51(35(2)3)53(71)62-47/h14,17,25-26,28-30,32,35-36,40,46-47,49,51,63H,11-13,15-16,18-24,27,31,33-34H2,1-10H3,(H,62,71)/t36-,46-,47-,49-,51-/m0/s1. The van der Waals surface area contributed by atoms with Gasteiger partial charge in [-0.2, -0.15) is 0 Å². The van der Waals surface area contributed by atoms with Gasteiger partial charge >= 0.3 is 12.0 Å². The van der Waals surface area contributed by atoms with E-state index in [0.717, 1.165) is 76.4 Å². The van der Waals surface area contributed by atoms with Crippen molar-refractivity contribution in [1.29, 1.82) is 0 Å². The fraction of sp³-hybridized carbons (Fsp3) is 0.593. The smallest absolute Gasteiger partial charge is 0.324 e. The quantitative estimate of drug-likeness (QED) is 0.179. The van der Waals surface area contributed by atoms with Crippen LogP contribution in [-0.2, 0) is 48.0 Å². The minimum atomic E-state index is -2.24. The molecule has 18 nitrogen and oxygen atoms in total. The van der Waals surface area contributed by atoms with E-state index in [4.69, 9.17) is 19.2 Å². The number of anilines is 1. The average Bonchev–Trinajstić information content (AvgIpc) is 4.23. The fourth-order valence-electron chi connectivity index (χ4n) is 12.5. The summed E-state index contributed by atoms with van der Waals surface area (Å²) in [5.41, 5.74) is 8.53. The number of nitrogens with one attached hydrogen (secondary N) is 2. The van der Waals surface area contributed by atoms with Crippen molar-refractivity contribution < 1.29 is 42.6 Å². The van der Waals surface area contributed by atoms with Crippen LogP contribution in [0.3, 0.4) is 0 Å². The lowest BCUT2D eigenvalue weighted by atomic mass is 9.84. The maximum Gasteiger partial charge on any atom is 0.324 e. The number of nitrogens with zero attached hydrogens (tertiary/aromatic N) is 8. The molecule has 4 fully saturated rings. The number of cyclic esters (lactones) is 1. The molecule has 420 valence electrons. The van der Waals surface area contributed by atoms with Gasteiger partial charge in [0, 0.05) is 101 Å². The number of fused-ring (bicyclic) bond motifs is 8. The van der Waals surface area contributed by atoms with Crippen molar-refractivity contribution in [3.05, 3.63) is 65.5 Å². The van der Waals surface area contributed by atoms with Crippen LogP contribution in [0, 0.1) is 11.3 Å². The summed E-state index contributed by atoms with van der Waals surface area (Å²) in [5.74, 6) is -2.30. The van der Waals surface area contributed by atoms with Gasteiger partial charge in [0.15, 0.2) is 5.67 Å². The molecule has 78 heavy (non-hydrogen) atoms. The zero-order valence-electron chi connectivity index (χ0n) is 47.2. The SMILES string of the molecule is CCn1c(-c2cc(N3CCN(C4CC4)CC3)cnc2[C@H](C)OC)c2c3cc(ccc31)-c1cc3cc(c1)OC[C@@H]1N(CCN1C(=O)C(C)(C)F)C(=O)N(C)[C@@H](C(C)C)C(=O)N[C@@H](C3)C(=O)N1CCC[C@H](N1)C(=O)OCC(C)(C)C2. The summed E-state index contributed by atoms with van der Waals surface area (Å²) in [4.78, 5) is 86.8. The van der Waals surface area contributed by atoms with Gasteiger partial charge < -0.3 is 38.8 Å². The van der Waals surface area contributed by atoms with Gasteiger partial charge in [-0.15, -0.1) is 0 Å². The Labute approximate surface area is 457 Å². The Bertz CT molecular complexity index is 2960. The monoisotopic (exact) mass is 1070 g/mol. The highest BCUT2D eigenvalue weighted by molar-refractivity contribution is 5.96. The molecule has 2 aromatic carbocycles. The summed E-state index contributed by atoms with van der Waals surface area (Å²) in [6, 6.07) is 11.5. The lowest BCUT2D eigenvalue weighted by Gasteiger charge is -2.38. The molecule has 0 unspecified atom stereocenters. The van der Waals surface area contributed by atoms with Gasteiger partial charge in [-0.25, -0.2) is 14.6 Å². The summed E-state index contributed by atoms with van der Waals surface area (Å²) < 4.78 is 36.9. The van der Waals surface area contributed by atoms with Crippen LogP contribution in [0.25, 0.3) is 33.3 Å². The zero-order valence-corrected chi connectivity index (χ0v) is 47.2. The Morgan fingerprint density at radius 2 is 1.68 bits per heavy atom. The highest BCUT2D eigenvalue weighted by Crippen LogP contribution is 2.44. The zero-order chi connectivity index (χ0) is 55.5. The Kier molecular flexibility index (Phi) is 15.3. The molecule has 6 aliphatic rings. The molecule has 10 rings (SSSR count). The van der Waals surface area contributed by atoms with E-state index < -0.39 is 71.0 Å². The lowest BCUT2D eigenvalue weighted by Crippen LogP contribution is -2.63. The number of rotatable bonds is 8. The Morgan fingerprint density at radius 3 is 2.37 bits per heavy atom. The predicted molar refractivity (Wildman–Crippen MR) is 295 cm³/mol. The largest absolute Gasteiger partial charge is 0.489 e. The molecule has 8 bridgehead atoms. The second-order valence-corrected chi connectivity index (χ2v) is 24.0. The van der Waals surface area contributed by atoms with Crippen LogP contribution in [-0.4, -0.2) is 173 Å². The lowest BCUT2D eigenvalue weighted by molar-refractivity contribution is -0.155. The van der Waals surface area contributed by atoms with Gasteiger partial charge in [-0.3, -0.25) is 39.0 Å². The average molecular weight is 1080 g/mol. The number of pyridine rings is 1. The minimum absolute atomic E-state index is 0.0121. The molecule has 1 saturated carbocycles. The van der Waals surface area contributed by atoms with Gasteiger partial charge in [0.05, 0.1) is 36.0 Å². The number of alkyl halides is 1. The number of halogens is 1. The highest BCUT2D eigenvalue weighted by Gasteiger charge is 2.47. The van der Waals surface area contributed by atoms with E-state index in [1.165, 1.54) is 53.4 Å². The molecule has 0 radical (unpaired) electrons. The van der Waals surface area contributed by atoms with Crippen LogP contribution in [0.15, 0.2) is 48.7 Å². The summed E-state index contributed by atoms with van der Waals surface area (Å²) in [6.45, 7) is 19.2. The molecular formula is C59H79FN10O8. The third-order valence-corrected chi connectivity index (χ3v) is 16.8. The number of hydrogen-bond donors (Lipinski definition) is 2. The normalized spacial score (nSPS) is 24.3. The molecule has 2 N–H and O–H groups in total. The maximum absolute atomic E-state index is 15.6. The molecule has 19 heteroatoms. The predicted octanol–water partition coefficient (Wildman–Crippen LogP) is 6.72. The van der Waals surface area contributed by atoms with Crippen LogP contribution in [0.4, 0.5) is 14.9 Å². The minimum Gasteiger partial charge on any atom is -0.489 e. The number of aryl methyl sites for hydroxylation is 1. The number of likely N-dealkylation sites (N-methyl/N-ethyl adjacent to an activating group) is 1. The number of hydrazine groups is 1. The van der Waals surface area contributed by atoms with Crippen molar-refractivity contribution in [3.63, 3.8) is 0 Å². The molecule has 5 atom stereocenters. The summed E-state index contributed by atoms with van der Waals surface area (Å²) in [6.07, 6.45) is 4.66. The van der Waals surface area contributed by atoms with Gasteiger partial charge in [0.2, 0.25) is 5.91 Å². The topological polar surface area (TPSA) is 174 Å². The Hall–Kier alpha value is -6.31. The number of benzene rings is 2. The van der Waals surface area contributed by atoms with Gasteiger partial charge in [-0.05, 0) is 118 Å². The summed E-state index contributed by atoms with van der Waals surface area (Å²) >= 11 is 0. The van der Waals surface area contributed by atoms with E-state index in [-0.39, 0.29) is 45.4 Å². The third-order valence-electron chi connectivity index (χ3n) is 16.8. The number of piperazine rings is 1. The molecule has 5 amide bonds. The van der Waals surface area contributed by atoms with E-state index in [1.807, 2.05) is 45.2 Å². The third kappa shape index (κ3) is 10.9. The van der Waals surface area contributed by atoms with Crippen molar-refractivity contribution in [2.45, 2.75) is 143 Å². The number of carbonyl (C=O) groups is 5. The number of aromatic nitrogens is 2. The van der Waals surface area contributed by atoms with Crippen molar-refractivity contribution >= 4 is 46.3 Å².